The second kappa shape index (κ2) is 6.86. The number of rotatable bonds is 6. The van der Waals surface area contributed by atoms with Gasteiger partial charge in [-0.3, -0.25) is 0 Å². The molecule has 0 amide bonds. The molecule has 3 nitrogen and oxygen atoms in total. The highest BCUT2D eigenvalue weighted by atomic mass is 35.5. The molecule has 1 rings (SSSR count). The van der Waals surface area contributed by atoms with Crippen molar-refractivity contribution in [2.75, 3.05) is 6.61 Å². The Bertz CT molecular complexity index is 486. The van der Waals surface area contributed by atoms with Crippen LogP contribution < -0.4 is 0 Å². The Morgan fingerprint density at radius 3 is 2.50 bits per heavy atom. The molecule has 1 aromatic rings. The second-order valence-corrected chi connectivity index (χ2v) is 5.11. The first-order valence-electron chi connectivity index (χ1n) is 6.25. The third-order valence-corrected chi connectivity index (χ3v) is 3.04. The van der Waals surface area contributed by atoms with Crippen molar-refractivity contribution in [3.63, 3.8) is 0 Å². The van der Waals surface area contributed by atoms with Crippen molar-refractivity contribution in [1.29, 1.82) is 0 Å². The summed E-state index contributed by atoms with van der Waals surface area (Å²) in [7, 11) is 0. The number of aliphatic hydroxyl groups is 1. The lowest BCUT2D eigenvalue weighted by Gasteiger charge is -2.28. The molecular formula is C15H18ClFO3. The standard InChI is InChI=1S/C15H18ClFO3/c1-4-20-14(19)15(17,9-10(2)3)13(18)11-5-7-12(16)8-6-11/h5-8,13,18H,2,4,9H2,1,3H3/t13-,15+/m1/s1. The highest BCUT2D eigenvalue weighted by molar-refractivity contribution is 6.30. The van der Waals surface area contributed by atoms with E-state index in [1.165, 1.54) is 24.3 Å². The van der Waals surface area contributed by atoms with Crippen molar-refractivity contribution in [1.82, 2.24) is 0 Å². The molecule has 0 spiro atoms. The van der Waals surface area contributed by atoms with E-state index in [1.54, 1.807) is 13.8 Å². The van der Waals surface area contributed by atoms with Crippen LogP contribution in [-0.2, 0) is 9.53 Å². The van der Waals surface area contributed by atoms with E-state index in [0.717, 1.165) is 0 Å². The Morgan fingerprint density at radius 1 is 1.50 bits per heavy atom. The average Bonchev–Trinajstić information content (AvgIpc) is 2.38. The number of carbonyl (C=O) groups excluding carboxylic acids is 1. The molecule has 5 heteroatoms. The van der Waals surface area contributed by atoms with Crippen LogP contribution in [0.4, 0.5) is 4.39 Å². The molecule has 1 aromatic carbocycles. The number of ether oxygens (including phenoxy) is 1. The zero-order valence-corrected chi connectivity index (χ0v) is 12.3. The van der Waals surface area contributed by atoms with Gasteiger partial charge in [0, 0.05) is 11.4 Å². The summed E-state index contributed by atoms with van der Waals surface area (Å²) >= 11 is 5.75. The summed E-state index contributed by atoms with van der Waals surface area (Å²) in [5, 5.41) is 10.7. The fraction of sp³-hybridized carbons (Fsp3) is 0.400. The molecule has 0 saturated heterocycles. The summed E-state index contributed by atoms with van der Waals surface area (Å²) < 4.78 is 19.7. The van der Waals surface area contributed by atoms with Crippen LogP contribution in [0.5, 0.6) is 0 Å². The lowest BCUT2D eigenvalue weighted by molar-refractivity contribution is -0.166. The number of alkyl halides is 1. The van der Waals surface area contributed by atoms with E-state index in [4.69, 9.17) is 16.3 Å². The van der Waals surface area contributed by atoms with E-state index in [2.05, 4.69) is 6.58 Å². The fourth-order valence-corrected chi connectivity index (χ4v) is 2.01. The molecule has 0 bridgehead atoms. The van der Waals surface area contributed by atoms with Gasteiger partial charge in [0.15, 0.2) is 0 Å². The van der Waals surface area contributed by atoms with E-state index in [-0.39, 0.29) is 18.6 Å². The van der Waals surface area contributed by atoms with Crippen LogP contribution >= 0.6 is 11.6 Å². The Balaban J connectivity index is 3.12. The summed E-state index contributed by atoms with van der Waals surface area (Å²) in [5.74, 6) is -1.09. The number of benzene rings is 1. The van der Waals surface area contributed by atoms with Crippen LogP contribution in [-0.4, -0.2) is 23.4 Å². The van der Waals surface area contributed by atoms with Gasteiger partial charge < -0.3 is 9.84 Å². The lowest BCUT2D eigenvalue weighted by atomic mass is 9.87. The first kappa shape index (κ1) is 16.7. The molecule has 0 unspecified atom stereocenters. The first-order valence-corrected chi connectivity index (χ1v) is 6.63. The minimum absolute atomic E-state index is 0.0357. The molecule has 2 atom stereocenters. The number of aliphatic hydroxyl groups excluding tert-OH is 1. The minimum Gasteiger partial charge on any atom is -0.464 e. The van der Waals surface area contributed by atoms with E-state index in [0.29, 0.717) is 10.6 Å². The van der Waals surface area contributed by atoms with Crippen molar-refractivity contribution >= 4 is 17.6 Å². The third kappa shape index (κ3) is 3.81. The number of hydrogen-bond acceptors (Lipinski definition) is 3. The molecule has 0 aliphatic heterocycles. The summed E-state index contributed by atoms with van der Waals surface area (Å²) in [5.41, 5.74) is -1.87. The van der Waals surface area contributed by atoms with E-state index >= 15 is 0 Å². The Labute approximate surface area is 123 Å². The third-order valence-electron chi connectivity index (χ3n) is 2.79. The summed E-state index contributed by atoms with van der Waals surface area (Å²) in [4.78, 5) is 11.9. The summed E-state index contributed by atoms with van der Waals surface area (Å²) in [6.45, 7) is 6.79. The average molecular weight is 301 g/mol. The van der Waals surface area contributed by atoms with Gasteiger partial charge in [-0.2, -0.15) is 0 Å². The van der Waals surface area contributed by atoms with Gasteiger partial charge in [-0.15, -0.1) is 6.58 Å². The smallest absolute Gasteiger partial charge is 0.347 e. The minimum atomic E-state index is -2.56. The van der Waals surface area contributed by atoms with Crippen molar-refractivity contribution in [3.8, 4) is 0 Å². The Kier molecular flexibility index (Phi) is 5.72. The normalized spacial score (nSPS) is 15.2. The number of hydrogen-bond donors (Lipinski definition) is 1. The maximum atomic E-state index is 15.0. The molecular weight excluding hydrogens is 283 g/mol. The van der Waals surface area contributed by atoms with E-state index < -0.39 is 17.7 Å². The van der Waals surface area contributed by atoms with Crippen LogP contribution in [0.2, 0.25) is 5.02 Å². The largest absolute Gasteiger partial charge is 0.464 e. The SMILES string of the molecule is C=C(C)C[C@@](F)(C(=O)OCC)[C@H](O)c1ccc(Cl)cc1. The highest BCUT2D eigenvalue weighted by Gasteiger charge is 2.48. The lowest BCUT2D eigenvalue weighted by Crippen LogP contribution is -2.42. The fourth-order valence-electron chi connectivity index (χ4n) is 1.88. The van der Waals surface area contributed by atoms with E-state index in [1.807, 2.05) is 0 Å². The van der Waals surface area contributed by atoms with Crippen LogP contribution in [0.15, 0.2) is 36.4 Å². The molecule has 0 fully saturated rings. The zero-order valence-electron chi connectivity index (χ0n) is 11.5. The number of allylic oxidation sites excluding steroid dienone is 1. The van der Waals surface area contributed by atoms with Gasteiger partial charge in [-0.25, -0.2) is 9.18 Å². The van der Waals surface area contributed by atoms with E-state index in [9.17, 15) is 14.3 Å². The number of esters is 1. The Hall–Kier alpha value is -1.39. The van der Waals surface area contributed by atoms with Gasteiger partial charge in [0.25, 0.3) is 0 Å². The molecule has 0 aliphatic carbocycles. The van der Waals surface area contributed by atoms with Crippen molar-refractivity contribution in [2.24, 2.45) is 0 Å². The Morgan fingerprint density at radius 2 is 2.05 bits per heavy atom. The van der Waals surface area contributed by atoms with Gasteiger partial charge in [-0.05, 0) is 31.5 Å². The first-order chi connectivity index (χ1) is 9.31. The molecule has 0 aliphatic rings. The summed E-state index contributed by atoms with van der Waals surface area (Å²) in [6.07, 6.45) is -1.95. The molecule has 1 N–H and O–H groups in total. The van der Waals surface area contributed by atoms with Crippen molar-refractivity contribution in [3.05, 3.63) is 47.0 Å². The van der Waals surface area contributed by atoms with Gasteiger partial charge in [0.05, 0.1) is 6.61 Å². The monoisotopic (exact) mass is 300 g/mol. The maximum absolute atomic E-state index is 15.0. The molecule has 0 radical (unpaired) electrons. The predicted molar refractivity (Wildman–Crippen MR) is 76.3 cm³/mol. The zero-order chi connectivity index (χ0) is 15.3. The van der Waals surface area contributed by atoms with Gasteiger partial charge in [0.2, 0.25) is 5.67 Å². The van der Waals surface area contributed by atoms with Crippen molar-refractivity contribution < 1.29 is 19.0 Å². The van der Waals surface area contributed by atoms with Gasteiger partial charge >= 0.3 is 5.97 Å². The number of carbonyl (C=O) groups is 1. The van der Waals surface area contributed by atoms with Crippen LogP contribution in [0.3, 0.4) is 0 Å². The van der Waals surface area contributed by atoms with Crippen LogP contribution in [0.25, 0.3) is 0 Å². The molecule has 110 valence electrons. The predicted octanol–water partition coefficient (Wildman–Crippen LogP) is 3.61. The van der Waals surface area contributed by atoms with Crippen LogP contribution in [0, 0.1) is 0 Å². The van der Waals surface area contributed by atoms with Crippen LogP contribution in [0.1, 0.15) is 31.9 Å². The maximum Gasteiger partial charge on any atom is 0.347 e. The molecule has 0 aromatic heterocycles. The molecule has 0 saturated carbocycles. The van der Waals surface area contributed by atoms with Gasteiger partial charge in [-0.1, -0.05) is 29.3 Å². The van der Waals surface area contributed by atoms with Gasteiger partial charge in [0.1, 0.15) is 6.10 Å². The molecule has 20 heavy (non-hydrogen) atoms. The summed E-state index contributed by atoms with van der Waals surface area (Å²) in [6, 6.07) is 5.98. The second-order valence-electron chi connectivity index (χ2n) is 4.67. The topological polar surface area (TPSA) is 46.5 Å². The number of halogens is 2. The van der Waals surface area contributed by atoms with Crippen molar-refractivity contribution in [2.45, 2.75) is 32.0 Å². The quantitative estimate of drug-likeness (QED) is 0.645. The molecule has 0 heterocycles. The highest BCUT2D eigenvalue weighted by Crippen LogP contribution is 2.36.